The Morgan fingerprint density at radius 1 is 1.00 bits per heavy atom. The summed E-state index contributed by atoms with van der Waals surface area (Å²) in [6.07, 6.45) is -1.04. The predicted octanol–water partition coefficient (Wildman–Crippen LogP) is 6.54. The molecule has 6 nitrogen and oxygen atoms in total. The van der Waals surface area contributed by atoms with Crippen LogP contribution >= 0.6 is 23.4 Å². The molecular weight excluding hydrogens is 540 g/mol. The second kappa shape index (κ2) is 11.1. The van der Waals surface area contributed by atoms with Gasteiger partial charge < -0.3 is 10.1 Å². The highest BCUT2D eigenvalue weighted by Crippen LogP contribution is 2.37. The number of hydrogen-bond acceptors (Lipinski definition) is 5. The minimum Gasteiger partial charge on any atom is -0.476 e. The number of rotatable bonds is 7. The SMILES string of the molecule is Cc1cc(CSc2ccccc2)ccc1NC(=O)[C@@H]1CN(S(=O)(=O)c2ccc(Cl)cc2)c2ccccc2O1. The van der Waals surface area contributed by atoms with E-state index in [2.05, 4.69) is 17.4 Å². The molecule has 5 rings (SSSR count). The first-order chi connectivity index (χ1) is 18.3. The number of aryl methyl sites for hydroxylation is 1. The van der Waals surface area contributed by atoms with Crippen molar-refractivity contribution in [3.63, 3.8) is 0 Å². The van der Waals surface area contributed by atoms with Gasteiger partial charge in [-0.2, -0.15) is 0 Å². The number of thioether (sulfide) groups is 1. The van der Waals surface area contributed by atoms with Gasteiger partial charge in [0.05, 0.1) is 17.1 Å². The number of para-hydroxylation sites is 2. The number of hydrogen-bond donors (Lipinski definition) is 1. The third-order valence-electron chi connectivity index (χ3n) is 6.13. The fourth-order valence-electron chi connectivity index (χ4n) is 4.15. The molecule has 1 atom stereocenters. The highest BCUT2D eigenvalue weighted by atomic mass is 35.5. The molecule has 1 N–H and O–H groups in total. The van der Waals surface area contributed by atoms with Gasteiger partial charge in [-0.15, -0.1) is 11.8 Å². The maximum absolute atomic E-state index is 13.5. The zero-order chi connectivity index (χ0) is 26.7. The molecule has 0 saturated heterocycles. The molecule has 0 aromatic heterocycles. The molecule has 1 amide bonds. The van der Waals surface area contributed by atoms with Crippen molar-refractivity contribution in [1.29, 1.82) is 0 Å². The van der Waals surface area contributed by atoms with E-state index >= 15 is 0 Å². The van der Waals surface area contributed by atoms with E-state index < -0.39 is 22.0 Å². The summed E-state index contributed by atoms with van der Waals surface area (Å²) in [7, 11) is -3.96. The Morgan fingerprint density at radius 3 is 2.45 bits per heavy atom. The lowest BCUT2D eigenvalue weighted by molar-refractivity contribution is -0.122. The maximum Gasteiger partial charge on any atom is 0.267 e. The van der Waals surface area contributed by atoms with Crippen LogP contribution in [0.5, 0.6) is 5.75 Å². The van der Waals surface area contributed by atoms with Crippen molar-refractivity contribution in [2.75, 3.05) is 16.2 Å². The highest BCUT2D eigenvalue weighted by molar-refractivity contribution is 7.98. The minimum atomic E-state index is -3.96. The minimum absolute atomic E-state index is 0.0811. The van der Waals surface area contributed by atoms with Gasteiger partial charge in [-0.25, -0.2) is 8.42 Å². The quantitative estimate of drug-likeness (QED) is 0.258. The Morgan fingerprint density at radius 2 is 1.71 bits per heavy atom. The van der Waals surface area contributed by atoms with Crippen molar-refractivity contribution < 1.29 is 17.9 Å². The monoisotopic (exact) mass is 564 g/mol. The summed E-state index contributed by atoms with van der Waals surface area (Å²) >= 11 is 7.70. The second-order valence-electron chi connectivity index (χ2n) is 8.80. The Hall–Kier alpha value is -3.46. The average Bonchev–Trinajstić information content (AvgIpc) is 2.93. The van der Waals surface area contributed by atoms with E-state index in [4.69, 9.17) is 16.3 Å². The molecule has 0 fully saturated rings. The van der Waals surface area contributed by atoms with E-state index in [-0.39, 0.29) is 11.4 Å². The number of nitrogens with one attached hydrogen (secondary N) is 1. The van der Waals surface area contributed by atoms with Gasteiger partial charge in [-0.05, 0) is 72.6 Å². The normalized spacial score (nSPS) is 14.9. The summed E-state index contributed by atoms with van der Waals surface area (Å²) in [4.78, 5) is 14.6. The van der Waals surface area contributed by atoms with E-state index in [1.165, 1.54) is 33.5 Å². The van der Waals surface area contributed by atoms with Gasteiger partial charge >= 0.3 is 0 Å². The Balaban J connectivity index is 1.33. The van der Waals surface area contributed by atoms with Crippen LogP contribution in [-0.4, -0.2) is 27.0 Å². The molecule has 1 aliphatic rings. The first-order valence-corrected chi connectivity index (χ1v) is 14.7. The van der Waals surface area contributed by atoms with Crippen molar-refractivity contribution in [1.82, 2.24) is 0 Å². The van der Waals surface area contributed by atoms with Crippen LogP contribution < -0.4 is 14.4 Å². The summed E-state index contributed by atoms with van der Waals surface area (Å²) in [5.41, 5.74) is 3.07. The standard InChI is InChI=1S/C29H25ClN2O4S2/c1-20-17-21(19-37-23-7-3-2-4-8-23)11-16-25(20)31-29(33)28-18-32(26-9-5-6-10-27(26)36-28)38(34,35)24-14-12-22(30)13-15-24/h2-17,28H,18-19H2,1H3,(H,31,33)/t28-/m0/s1. The molecule has 0 bridgehead atoms. The lowest BCUT2D eigenvalue weighted by atomic mass is 10.1. The average molecular weight is 565 g/mol. The van der Waals surface area contributed by atoms with E-state index in [0.29, 0.717) is 22.1 Å². The van der Waals surface area contributed by atoms with Gasteiger partial charge in [-0.3, -0.25) is 9.10 Å². The third-order valence-corrected chi connectivity index (χ3v) is 9.26. The summed E-state index contributed by atoms with van der Waals surface area (Å²) < 4.78 is 34.2. The fourth-order valence-corrected chi connectivity index (χ4v) is 6.62. The smallest absolute Gasteiger partial charge is 0.267 e. The van der Waals surface area contributed by atoms with Gasteiger partial charge in [0.25, 0.3) is 15.9 Å². The number of nitrogens with zero attached hydrogens (tertiary/aromatic N) is 1. The third kappa shape index (κ3) is 5.67. The molecule has 1 aliphatic heterocycles. The molecule has 1 heterocycles. The summed E-state index contributed by atoms with van der Waals surface area (Å²) in [6.45, 7) is 1.76. The zero-order valence-corrected chi connectivity index (χ0v) is 22.9. The van der Waals surface area contributed by atoms with E-state index in [1.54, 1.807) is 36.0 Å². The van der Waals surface area contributed by atoms with Gasteiger partial charge in [-0.1, -0.05) is 54.1 Å². The van der Waals surface area contributed by atoms with Crippen LogP contribution in [0.25, 0.3) is 0 Å². The van der Waals surface area contributed by atoms with Crippen LogP contribution in [-0.2, 0) is 20.6 Å². The number of amides is 1. The molecule has 4 aromatic rings. The molecule has 4 aromatic carbocycles. The van der Waals surface area contributed by atoms with Crippen molar-refractivity contribution >= 4 is 50.7 Å². The molecule has 0 spiro atoms. The number of sulfonamides is 1. The molecule has 194 valence electrons. The van der Waals surface area contributed by atoms with Crippen molar-refractivity contribution in [3.8, 4) is 5.75 Å². The second-order valence-corrected chi connectivity index (χ2v) is 12.2. The number of anilines is 2. The fraction of sp³-hybridized carbons (Fsp3) is 0.138. The Kier molecular flexibility index (Phi) is 7.65. The van der Waals surface area contributed by atoms with Gasteiger partial charge in [0.2, 0.25) is 0 Å². The molecule has 9 heteroatoms. The van der Waals surface area contributed by atoms with Gasteiger partial charge in [0.1, 0.15) is 5.75 Å². The molecule has 0 aliphatic carbocycles. The number of carbonyl (C=O) groups excluding carboxylic acids is 1. The maximum atomic E-state index is 13.5. The number of halogens is 1. The lowest BCUT2D eigenvalue weighted by Gasteiger charge is -2.34. The summed E-state index contributed by atoms with van der Waals surface area (Å²) in [5.74, 6) is 0.700. The number of benzene rings is 4. The molecule has 0 unspecified atom stereocenters. The van der Waals surface area contributed by atoms with E-state index in [0.717, 1.165) is 16.9 Å². The molecule has 0 radical (unpaired) electrons. The molecule has 38 heavy (non-hydrogen) atoms. The van der Waals surface area contributed by atoms with Crippen molar-refractivity contribution in [2.24, 2.45) is 0 Å². The predicted molar refractivity (Wildman–Crippen MR) is 153 cm³/mol. The van der Waals surface area contributed by atoms with Crippen LogP contribution in [0.3, 0.4) is 0 Å². The lowest BCUT2D eigenvalue weighted by Crippen LogP contribution is -2.48. The van der Waals surface area contributed by atoms with E-state index in [1.807, 2.05) is 43.3 Å². The molecule has 0 saturated carbocycles. The topological polar surface area (TPSA) is 75.7 Å². The summed E-state index contributed by atoms with van der Waals surface area (Å²) in [5, 5.41) is 3.36. The molecular formula is C29H25ClN2O4S2. The zero-order valence-electron chi connectivity index (χ0n) is 20.5. The van der Waals surface area contributed by atoms with Crippen molar-refractivity contribution in [2.45, 2.75) is 28.6 Å². The summed E-state index contributed by atoms with van der Waals surface area (Å²) in [6, 6.07) is 28.8. The largest absolute Gasteiger partial charge is 0.476 e. The van der Waals surface area contributed by atoms with E-state index in [9.17, 15) is 13.2 Å². The van der Waals surface area contributed by atoms with Gasteiger partial charge in [0, 0.05) is 21.4 Å². The number of ether oxygens (including phenoxy) is 1. The van der Waals surface area contributed by atoms with Crippen LogP contribution in [0.1, 0.15) is 11.1 Å². The van der Waals surface area contributed by atoms with Crippen LogP contribution in [0.15, 0.2) is 107 Å². The van der Waals surface area contributed by atoms with Gasteiger partial charge in [0.15, 0.2) is 6.10 Å². The first-order valence-electron chi connectivity index (χ1n) is 11.9. The van der Waals surface area contributed by atoms with Crippen LogP contribution in [0, 0.1) is 6.92 Å². The van der Waals surface area contributed by atoms with Crippen LogP contribution in [0.4, 0.5) is 11.4 Å². The highest BCUT2D eigenvalue weighted by Gasteiger charge is 2.37. The Labute approximate surface area is 231 Å². The number of fused-ring (bicyclic) bond motifs is 1. The van der Waals surface area contributed by atoms with Crippen LogP contribution in [0.2, 0.25) is 5.02 Å². The first kappa shape index (κ1) is 26.2. The Bertz CT molecular complexity index is 1560. The number of carbonyl (C=O) groups is 1. The van der Waals surface area contributed by atoms with Crippen molar-refractivity contribution in [3.05, 3.63) is 113 Å².